The molecule has 1 heterocycles. The fraction of sp³-hybridized carbons (Fsp3) is 0.158. The van der Waals surface area contributed by atoms with Gasteiger partial charge in [-0.25, -0.2) is 4.98 Å². The van der Waals surface area contributed by atoms with Crippen molar-refractivity contribution in [3.05, 3.63) is 48.5 Å². The second-order valence-electron chi connectivity index (χ2n) is 5.40. The van der Waals surface area contributed by atoms with Gasteiger partial charge in [0.15, 0.2) is 5.16 Å². The molecule has 2 N–H and O–H groups in total. The van der Waals surface area contributed by atoms with E-state index < -0.39 is 5.97 Å². The highest BCUT2D eigenvalue weighted by Crippen LogP contribution is 2.34. The molecule has 0 bridgehead atoms. The molecule has 0 spiro atoms. The van der Waals surface area contributed by atoms with E-state index in [0.717, 1.165) is 45.8 Å². The van der Waals surface area contributed by atoms with Crippen molar-refractivity contribution in [3.8, 4) is 34.0 Å². The van der Waals surface area contributed by atoms with Crippen LogP contribution in [0.4, 0.5) is 0 Å². The van der Waals surface area contributed by atoms with Gasteiger partial charge in [-0.1, -0.05) is 11.8 Å². The maximum atomic E-state index is 10.9. The molecular weight excluding hydrogens is 352 g/mol. The predicted octanol–water partition coefficient (Wildman–Crippen LogP) is 3.94. The molecule has 7 heteroatoms. The standard InChI is InChI=1S/C19H18N2O4S/c1-24-14-7-3-12(4-8-14)17-18(13-5-9-15(25-2)10-6-13)21-19(20-17)26-11-16(22)23/h3-10H,11H2,1-2H3,(H,20,21)(H,22,23). The molecule has 0 saturated heterocycles. The molecule has 0 atom stereocenters. The van der Waals surface area contributed by atoms with Crippen LogP contribution in [0.2, 0.25) is 0 Å². The summed E-state index contributed by atoms with van der Waals surface area (Å²) in [5.74, 6) is 0.580. The smallest absolute Gasteiger partial charge is 0.313 e. The van der Waals surface area contributed by atoms with Gasteiger partial charge in [0.1, 0.15) is 11.5 Å². The highest BCUT2D eigenvalue weighted by molar-refractivity contribution is 7.99. The minimum Gasteiger partial charge on any atom is -0.497 e. The van der Waals surface area contributed by atoms with Gasteiger partial charge < -0.3 is 19.6 Å². The summed E-state index contributed by atoms with van der Waals surface area (Å²) in [6.45, 7) is 0. The molecule has 0 saturated carbocycles. The Morgan fingerprint density at radius 3 is 2.04 bits per heavy atom. The third-order valence-corrected chi connectivity index (χ3v) is 4.61. The average molecular weight is 370 g/mol. The Morgan fingerprint density at radius 2 is 1.54 bits per heavy atom. The zero-order valence-electron chi connectivity index (χ0n) is 14.4. The molecular formula is C19H18N2O4S. The van der Waals surface area contributed by atoms with E-state index in [0.29, 0.717) is 5.16 Å². The number of nitrogens with zero attached hydrogens (tertiary/aromatic N) is 1. The van der Waals surface area contributed by atoms with Crippen molar-refractivity contribution < 1.29 is 19.4 Å². The summed E-state index contributed by atoms with van der Waals surface area (Å²) in [6.07, 6.45) is 0. The topological polar surface area (TPSA) is 84.4 Å². The van der Waals surface area contributed by atoms with Crippen LogP contribution in [0, 0.1) is 0 Å². The van der Waals surface area contributed by atoms with E-state index in [2.05, 4.69) is 9.97 Å². The van der Waals surface area contributed by atoms with Crippen LogP contribution >= 0.6 is 11.8 Å². The Bertz CT molecular complexity index is 824. The highest BCUT2D eigenvalue weighted by Gasteiger charge is 2.15. The van der Waals surface area contributed by atoms with E-state index in [4.69, 9.17) is 14.6 Å². The SMILES string of the molecule is COc1ccc(-c2nc(SCC(=O)O)[nH]c2-c2ccc(OC)cc2)cc1. The molecule has 0 fully saturated rings. The van der Waals surface area contributed by atoms with Gasteiger partial charge in [0, 0.05) is 11.1 Å². The third kappa shape index (κ3) is 4.00. The van der Waals surface area contributed by atoms with Crippen molar-refractivity contribution >= 4 is 17.7 Å². The first-order valence-corrected chi connectivity index (χ1v) is 8.82. The molecule has 0 radical (unpaired) electrons. The summed E-state index contributed by atoms with van der Waals surface area (Å²) in [7, 11) is 3.24. The Hall–Kier alpha value is -2.93. The molecule has 134 valence electrons. The quantitative estimate of drug-likeness (QED) is 0.613. The van der Waals surface area contributed by atoms with Crippen molar-refractivity contribution in [2.24, 2.45) is 0 Å². The lowest BCUT2D eigenvalue weighted by Crippen LogP contribution is -1.97. The van der Waals surface area contributed by atoms with Crippen LogP contribution in [0.25, 0.3) is 22.5 Å². The number of aromatic nitrogens is 2. The molecule has 6 nitrogen and oxygen atoms in total. The minimum atomic E-state index is -0.886. The molecule has 0 unspecified atom stereocenters. The number of thioether (sulfide) groups is 1. The lowest BCUT2D eigenvalue weighted by atomic mass is 10.0. The number of carboxylic acids is 1. The third-order valence-electron chi connectivity index (χ3n) is 3.76. The van der Waals surface area contributed by atoms with Crippen LogP contribution in [0.15, 0.2) is 53.7 Å². The molecule has 1 aromatic heterocycles. The fourth-order valence-electron chi connectivity index (χ4n) is 2.47. The number of hydrogen-bond donors (Lipinski definition) is 2. The van der Waals surface area contributed by atoms with E-state index in [1.807, 2.05) is 48.5 Å². The van der Waals surface area contributed by atoms with Crippen molar-refractivity contribution in [2.45, 2.75) is 5.16 Å². The Labute approximate surface area is 155 Å². The maximum Gasteiger partial charge on any atom is 0.313 e. The first-order chi connectivity index (χ1) is 12.6. The van der Waals surface area contributed by atoms with Gasteiger partial charge in [-0.2, -0.15) is 0 Å². The number of carboxylic acid groups (broad SMARTS) is 1. The van der Waals surface area contributed by atoms with Gasteiger partial charge in [-0.15, -0.1) is 0 Å². The van der Waals surface area contributed by atoms with Gasteiger partial charge in [0.25, 0.3) is 0 Å². The second kappa shape index (κ2) is 7.97. The number of H-pyrrole nitrogens is 1. The minimum absolute atomic E-state index is 0.0579. The number of rotatable bonds is 7. The lowest BCUT2D eigenvalue weighted by molar-refractivity contribution is -0.133. The summed E-state index contributed by atoms with van der Waals surface area (Å²) in [4.78, 5) is 18.7. The molecule has 0 aliphatic carbocycles. The Kier molecular flexibility index (Phi) is 5.48. The molecule has 3 aromatic rings. The number of ether oxygens (including phenoxy) is 2. The van der Waals surface area contributed by atoms with E-state index in [9.17, 15) is 4.79 Å². The summed E-state index contributed by atoms with van der Waals surface area (Å²) in [6, 6.07) is 15.2. The van der Waals surface area contributed by atoms with Gasteiger partial charge in [0.05, 0.1) is 31.4 Å². The summed E-state index contributed by atoms with van der Waals surface area (Å²) in [5.41, 5.74) is 3.43. The van der Waals surface area contributed by atoms with E-state index in [1.54, 1.807) is 14.2 Å². The number of methoxy groups -OCH3 is 2. The van der Waals surface area contributed by atoms with Crippen LogP contribution in [0.3, 0.4) is 0 Å². The maximum absolute atomic E-state index is 10.9. The number of carbonyl (C=O) groups is 1. The van der Waals surface area contributed by atoms with Crippen LogP contribution in [-0.2, 0) is 4.79 Å². The van der Waals surface area contributed by atoms with Gasteiger partial charge in [-0.3, -0.25) is 4.79 Å². The molecule has 3 rings (SSSR count). The zero-order chi connectivity index (χ0) is 18.5. The van der Waals surface area contributed by atoms with E-state index >= 15 is 0 Å². The number of nitrogens with one attached hydrogen (secondary N) is 1. The van der Waals surface area contributed by atoms with Gasteiger partial charge >= 0.3 is 5.97 Å². The summed E-state index contributed by atoms with van der Waals surface area (Å²) < 4.78 is 10.4. The zero-order valence-corrected chi connectivity index (χ0v) is 15.2. The molecule has 0 aliphatic heterocycles. The fourth-order valence-corrected chi connectivity index (χ4v) is 3.06. The molecule has 26 heavy (non-hydrogen) atoms. The first-order valence-electron chi connectivity index (χ1n) is 7.84. The Balaban J connectivity index is 2.02. The van der Waals surface area contributed by atoms with Crippen LogP contribution in [0.5, 0.6) is 11.5 Å². The molecule has 2 aromatic carbocycles. The van der Waals surface area contributed by atoms with Gasteiger partial charge in [0.2, 0.25) is 0 Å². The van der Waals surface area contributed by atoms with Crippen LogP contribution in [-0.4, -0.2) is 41.0 Å². The number of imidazole rings is 1. The van der Waals surface area contributed by atoms with Crippen LogP contribution in [0.1, 0.15) is 0 Å². The summed E-state index contributed by atoms with van der Waals surface area (Å²) >= 11 is 1.15. The highest BCUT2D eigenvalue weighted by atomic mass is 32.2. The first kappa shape index (κ1) is 17.9. The monoisotopic (exact) mass is 370 g/mol. The normalized spacial score (nSPS) is 10.5. The number of aromatic amines is 1. The molecule has 0 aliphatic rings. The van der Waals surface area contributed by atoms with Crippen LogP contribution < -0.4 is 9.47 Å². The average Bonchev–Trinajstić information content (AvgIpc) is 3.11. The number of hydrogen-bond acceptors (Lipinski definition) is 5. The summed E-state index contributed by atoms with van der Waals surface area (Å²) in [5, 5.41) is 9.47. The molecule has 0 amide bonds. The lowest BCUT2D eigenvalue weighted by Gasteiger charge is -2.06. The van der Waals surface area contributed by atoms with E-state index in [1.165, 1.54) is 0 Å². The van der Waals surface area contributed by atoms with E-state index in [-0.39, 0.29) is 5.75 Å². The number of benzene rings is 2. The Morgan fingerprint density at radius 1 is 1.00 bits per heavy atom. The van der Waals surface area contributed by atoms with Crippen molar-refractivity contribution in [3.63, 3.8) is 0 Å². The second-order valence-corrected chi connectivity index (χ2v) is 6.37. The van der Waals surface area contributed by atoms with Crippen molar-refractivity contribution in [2.75, 3.05) is 20.0 Å². The largest absolute Gasteiger partial charge is 0.497 e. The van der Waals surface area contributed by atoms with Crippen molar-refractivity contribution in [1.29, 1.82) is 0 Å². The number of aliphatic carboxylic acids is 1. The predicted molar refractivity (Wildman–Crippen MR) is 101 cm³/mol. The van der Waals surface area contributed by atoms with Crippen molar-refractivity contribution in [1.82, 2.24) is 9.97 Å². The van der Waals surface area contributed by atoms with Gasteiger partial charge in [-0.05, 0) is 48.5 Å².